The van der Waals surface area contributed by atoms with Gasteiger partial charge in [-0.15, -0.1) is 0 Å². The Bertz CT molecular complexity index is 2010. The highest BCUT2D eigenvalue weighted by atomic mass is 16.2. The Labute approximate surface area is 289 Å². The number of carbonyl (C=O) groups excluding carboxylic acids is 2. The fourth-order valence-electron chi connectivity index (χ4n) is 5.32. The molecule has 0 aliphatic carbocycles. The highest BCUT2D eigenvalue weighted by Crippen LogP contribution is 2.29. The number of nitrogen functional groups attached to an aromatic ring is 1. The van der Waals surface area contributed by atoms with Crippen LogP contribution >= 0.6 is 0 Å². The van der Waals surface area contributed by atoms with Crippen LogP contribution in [0.5, 0.6) is 0 Å². The van der Waals surface area contributed by atoms with Crippen molar-refractivity contribution in [3.63, 3.8) is 0 Å². The Morgan fingerprint density at radius 1 is 0.918 bits per heavy atom. The summed E-state index contributed by atoms with van der Waals surface area (Å²) in [5, 5.41) is 8.84. The molecule has 1 aliphatic heterocycles. The second-order valence-corrected chi connectivity index (χ2v) is 13.4. The van der Waals surface area contributed by atoms with Crippen LogP contribution in [0.25, 0.3) is 17.1 Å². The van der Waals surface area contributed by atoms with Crippen molar-refractivity contribution in [3.8, 4) is 40.8 Å². The van der Waals surface area contributed by atoms with Crippen molar-refractivity contribution in [1.29, 1.82) is 0 Å². The van der Waals surface area contributed by atoms with Crippen molar-refractivity contribution in [1.82, 2.24) is 44.2 Å². The number of likely N-dealkylation sites (N-methyl/N-ethyl adjacent to an activating group) is 1. The van der Waals surface area contributed by atoms with Crippen LogP contribution in [0.15, 0.2) is 30.7 Å². The summed E-state index contributed by atoms with van der Waals surface area (Å²) < 4.78 is 3.27. The number of nitrogens with zero attached hydrogens (tertiary/aromatic N) is 9. The molecule has 0 radical (unpaired) electrons. The maximum absolute atomic E-state index is 12.6. The van der Waals surface area contributed by atoms with Crippen molar-refractivity contribution >= 4 is 17.6 Å². The van der Waals surface area contributed by atoms with Gasteiger partial charge in [-0.3, -0.25) is 14.3 Å². The molecule has 5 rings (SSSR count). The number of fused-ring (bicyclic) bond motifs is 1. The minimum atomic E-state index is -0.189. The third-order valence-electron chi connectivity index (χ3n) is 7.92. The summed E-state index contributed by atoms with van der Waals surface area (Å²) in [7, 11) is 8.95. The van der Waals surface area contributed by atoms with E-state index in [1.54, 1.807) is 65.3 Å². The van der Waals surface area contributed by atoms with Crippen LogP contribution in [0, 0.1) is 30.6 Å². The summed E-state index contributed by atoms with van der Waals surface area (Å²) in [4.78, 5) is 39.0. The van der Waals surface area contributed by atoms with Gasteiger partial charge in [-0.2, -0.15) is 10.2 Å². The van der Waals surface area contributed by atoms with Gasteiger partial charge < -0.3 is 20.4 Å². The fourth-order valence-corrected chi connectivity index (χ4v) is 5.32. The normalized spacial score (nSPS) is 12.4. The second kappa shape index (κ2) is 14.8. The third kappa shape index (κ3) is 8.16. The molecule has 0 fully saturated rings. The molecule has 3 aromatic heterocycles. The molecular weight excluding hydrogens is 616 g/mol. The summed E-state index contributed by atoms with van der Waals surface area (Å²) >= 11 is 0. The highest BCUT2D eigenvalue weighted by Gasteiger charge is 2.23. The molecule has 0 bridgehead atoms. The van der Waals surface area contributed by atoms with Crippen LogP contribution in [0.4, 0.5) is 5.82 Å². The van der Waals surface area contributed by atoms with Crippen LogP contribution < -0.4 is 5.73 Å². The number of amides is 2. The van der Waals surface area contributed by atoms with E-state index >= 15 is 0 Å². The second-order valence-electron chi connectivity index (χ2n) is 13.4. The average molecular weight is 663 g/mol. The van der Waals surface area contributed by atoms with E-state index in [4.69, 9.17) is 10.7 Å². The molecule has 1 aliphatic rings. The summed E-state index contributed by atoms with van der Waals surface area (Å²) in [6.45, 7) is 13.7. The van der Waals surface area contributed by atoms with Gasteiger partial charge in [0, 0.05) is 59.2 Å². The largest absolute Gasteiger partial charge is 0.381 e. The predicted molar refractivity (Wildman–Crippen MR) is 192 cm³/mol. The zero-order valence-electron chi connectivity index (χ0n) is 30.4. The van der Waals surface area contributed by atoms with Crippen LogP contribution in [-0.4, -0.2) is 97.8 Å². The van der Waals surface area contributed by atoms with Gasteiger partial charge in [0.1, 0.15) is 11.4 Å². The number of nitrogens with two attached hydrogens (primary N) is 1. The first-order valence-electron chi connectivity index (χ1n) is 16.0. The summed E-state index contributed by atoms with van der Waals surface area (Å²) in [6.07, 6.45) is 6.10. The molecular formula is C37H46N10O2. The quantitative estimate of drug-likeness (QED) is 0.325. The lowest BCUT2D eigenvalue weighted by Gasteiger charge is -2.27. The molecule has 12 heteroatoms. The summed E-state index contributed by atoms with van der Waals surface area (Å²) in [5.74, 6) is 11.7. The van der Waals surface area contributed by atoms with Gasteiger partial charge in [-0.25, -0.2) is 14.6 Å². The molecule has 2 amide bonds. The molecule has 4 heterocycles. The smallest absolute Gasteiger partial charge is 0.257 e. The van der Waals surface area contributed by atoms with E-state index in [0.717, 1.165) is 25.1 Å². The van der Waals surface area contributed by atoms with Gasteiger partial charge in [0.15, 0.2) is 11.6 Å². The minimum absolute atomic E-state index is 0.0711. The maximum atomic E-state index is 12.6. The Balaban J connectivity index is 0.000000269. The number of aryl methyl sites for hydroxylation is 1. The number of anilines is 1. The van der Waals surface area contributed by atoms with Crippen molar-refractivity contribution in [2.45, 2.75) is 60.0 Å². The topological polar surface area (TPSA) is 131 Å². The number of carbonyl (C=O) groups is 2. The molecule has 0 saturated heterocycles. The highest BCUT2D eigenvalue weighted by molar-refractivity contribution is 5.96. The first-order chi connectivity index (χ1) is 23.0. The number of hydrogen-bond acceptors (Lipinski definition) is 8. The number of rotatable bonds is 4. The Hall–Kier alpha value is -5.46. The minimum Gasteiger partial charge on any atom is -0.381 e. The van der Waals surface area contributed by atoms with Crippen molar-refractivity contribution in [3.05, 3.63) is 69.9 Å². The Morgan fingerprint density at radius 3 is 2.08 bits per heavy atom. The Morgan fingerprint density at radius 2 is 1.51 bits per heavy atom. The molecule has 0 saturated carbocycles. The molecule has 0 spiro atoms. The lowest BCUT2D eigenvalue weighted by Crippen LogP contribution is -2.27. The first kappa shape index (κ1) is 36.4. The van der Waals surface area contributed by atoms with Crippen LogP contribution in [0.3, 0.4) is 0 Å². The van der Waals surface area contributed by atoms with Gasteiger partial charge in [0.05, 0.1) is 28.6 Å². The standard InChI is InChI=1S/C24H27N7O.C13H19N3O/c1-6-7-20-19(24(32)29(3)4)14-31(28-20)23-22(25)26-12-21(27-23)16-10-15(2)18-8-9-30(5)13-17(18)11-16;1-7-8-11-10(12(17)15(5)6)9-16(14-11)13(2,3)4/h10-12,14H,8-9,13H2,1-5H3,(H2,25,26);9H,1-6H3. The zero-order chi connectivity index (χ0) is 36.2. The monoisotopic (exact) mass is 662 g/mol. The predicted octanol–water partition coefficient (Wildman–Crippen LogP) is 3.99. The van der Waals surface area contributed by atoms with Gasteiger partial charge in [-0.1, -0.05) is 11.8 Å². The fraction of sp³-hybridized carbons (Fsp3) is 0.405. The van der Waals surface area contributed by atoms with Gasteiger partial charge in [-0.05, 0) is 95.7 Å². The van der Waals surface area contributed by atoms with Crippen molar-refractivity contribution in [2.75, 3.05) is 47.5 Å². The SMILES string of the molecule is CC#Cc1nn(-c2nc(-c3cc(C)c4c(c3)CN(C)CC4)cnc2N)cc1C(=O)N(C)C.CC#Cc1nn(C(C)(C)C)cc1C(=O)N(C)C. The third-order valence-corrected chi connectivity index (χ3v) is 7.92. The lowest BCUT2D eigenvalue weighted by atomic mass is 9.92. The van der Waals surface area contributed by atoms with E-state index in [-0.39, 0.29) is 23.2 Å². The molecule has 12 nitrogen and oxygen atoms in total. The van der Waals surface area contributed by atoms with E-state index in [9.17, 15) is 9.59 Å². The van der Waals surface area contributed by atoms with E-state index < -0.39 is 0 Å². The molecule has 0 atom stereocenters. The van der Waals surface area contributed by atoms with Crippen LogP contribution in [0.2, 0.25) is 0 Å². The summed E-state index contributed by atoms with van der Waals surface area (Å²) in [6, 6.07) is 4.33. The van der Waals surface area contributed by atoms with E-state index in [0.29, 0.717) is 34.0 Å². The van der Waals surface area contributed by atoms with Crippen LogP contribution in [-0.2, 0) is 18.5 Å². The van der Waals surface area contributed by atoms with Crippen LogP contribution in [0.1, 0.15) is 83.4 Å². The molecule has 1 aromatic carbocycles. The number of aromatic nitrogens is 6. The first-order valence-corrected chi connectivity index (χ1v) is 16.0. The molecule has 4 aromatic rings. The number of hydrogen-bond donors (Lipinski definition) is 1. The molecule has 2 N–H and O–H groups in total. The summed E-state index contributed by atoms with van der Waals surface area (Å²) in [5.41, 5.74) is 13.5. The zero-order valence-corrected chi connectivity index (χ0v) is 30.4. The van der Waals surface area contributed by atoms with E-state index in [1.165, 1.54) is 31.2 Å². The van der Waals surface area contributed by atoms with Gasteiger partial charge >= 0.3 is 0 Å². The average Bonchev–Trinajstić information content (AvgIpc) is 3.65. The van der Waals surface area contributed by atoms with Crippen molar-refractivity contribution in [2.24, 2.45) is 0 Å². The van der Waals surface area contributed by atoms with E-state index in [2.05, 4.69) is 69.9 Å². The maximum Gasteiger partial charge on any atom is 0.257 e. The van der Waals surface area contributed by atoms with E-state index in [1.807, 2.05) is 20.8 Å². The van der Waals surface area contributed by atoms with Gasteiger partial charge in [0.2, 0.25) is 0 Å². The Kier molecular flexibility index (Phi) is 11.0. The number of benzene rings is 1. The molecule has 49 heavy (non-hydrogen) atoms. The molecule has 0 unspecified atom stereocenters. The molecule has 256 valence electrons. The lowest BCUT2D eigenvalue weighted by molar-refractivity contribution is 0.0820. The van der Waals surface area contributed by atoms with Gasteiger partial charge in [0.25, 0.3) is 11.8 Å². The van der Waals surface area contributed by atoms with Crippen molar-refractivity contribution < 1.29 is 9.59 Å².